The quantitative estimate of drug-likeness (QED) is 0.730. The first-order valence-corrected chi connectivity index (χ1v) is 5.22. The molecule has 1 amide bonds. The van der Waals surface area contributed by atoms with Gasteiger partial charge in [0.1, 0.15) is 0 Å². The number of carbonyl (C=O) groups excluding carboxylic acids is 1. The van der Waals surface area contributed by atoms with E-state index in [0.717, 1.165) is 19.5 Å². The average Bonchev–Trinajstić information content (AvgIpc) is 2.88. The van der Waals surface area contributed by atoms with E-state index in [2.05, 4.69) is 10.2 Å². The molecule has 0 saturated carbocycles. The number of amides is 1. The van der Waals surface area contributed by atoms with Crippen LogP contribution in [0.4, 0.5) is 0 Å². The van der Waals surface area contributed by atoms with Crippen LogP contribution in [0.3, 0.4) is 0 Å². The van der Waals surface area contributed by atoms with Crippen LogP contribution in [0.1, 0.15) is 23.7 Å². The third-order valence-corrected chi connectivity index (χ3v) is 3.00. The first kappa shape index (κ1) is 10.2. The molecule has 3 N–H and O–H groups in total. The normalized spacial score (nSPS) is 23.1. The fraction of sp³-hybridized carbons (Fsp3) is 0.600. The number of likely N-dealkylation sites (tertiary alicyclic amines) is 1. The van der Waals surface area contributed by atoms with Crippen LogP contribution in [-0.4, -0.2) is 40.1 Å². The van der Waals surface area contributed by atoms with Gasteiger partial charge in [-0.3, -0.25) is 9.89 Å². The highest BCUT2D eigenvalue weighted by atomic mass is 16.2. The molecule has 2 rings (SSSR count). The molecule has 0 aromatic carbocycles. The van der Waals surface area contributed by atoms with Crippen LogP contribution < -0.4 is 5.73 Å². The molecule has 2 unspecified atom stereocenters. The van der Waals surface area contributed by atoms with Crippen LogP contribution in [0.5, 0.6) is 0 Å². The van der Waals surface area contributed by atoms with E-state index in [1.165, 1.54) is 0 Å². The summed E-state index contributed by atoms with van der Waals surface area (Å²) in [5.74, 6) is 0.479. The van der Waals surface area contributed by atoms with Crippen LogP contribution in [0.25, 0.3) is 0 Å². The van der Waals surface area contributed by atoms with Gasteiger partial charge in [-0.1, -0.05) is 0 Å². The summed E-state index contributed by atoms with van der Waals surface area (Å²) in [6.45, 7) is 3.56. The Morgan fingerprint density at radius 3 is 3.13 bits per heavy atom. The monoisotopic (exact) mass is 208 g/mol. The second kappa shape index (κ2) is 4.02. The first-order chi connectivity index (χ1) is 7.18. The van der Waals surface area contributed by atoms with Gasteiger partial charge >= 0.3 is 0 Å². The van der Waals surface area contributed by atoms with Crippen molar-refractivity contribution >= 4 is 5.91 Å². The maximum atomic E-state index is 11.9. The molecule has 0 radical (unpaired) electrons. The Labute approximate surface area is 88.6 Å². The molecule has 1 aliphatic rings. The zero-order valence-electron chi connectivity index (χ0n) is 8.81. The largest absolute Gasteiger partial charge is 0.338 e. The minimum Gasteiger partial charge on any atom is -0.338 e. The summed E-state index contributed by atoms with van der Waals surface area (Å²) >= 11 is 0. The van der Waals surface area contributed by atoms with Crippen molar-refractivity contribution < 1.29 is 4.79 Å². The zero-order chi connectivity index (χ0) is 10.8. The van der Waals surface area contributed by atoms with Crippen molar-refractivity contribution in [1.29, 1.82) is 0 Å². The molecule has 1 aromatic rings. The van der Waals surface area contributed by atoms with Crippen molar-refractivity contribution in [2.75, 3.05) is 13.1 Å². The second-order valence-electron chi connectivity index (χ2n) is 4.15. The molecule has 5 heteroatoms. The van der Waals surface area contributed by atoms with E-state index in [1.54, 1.807) is 12.4 Å². The minimum absolute atomic E-state index is 0.0481. The zero-order valence-corrected chi connectivity index (χ0v) is 8.81. The van der Waals surface area contributed by atoms with Crippen molar-refractivity contribution in [2.24, 2.45) is 11.7 Å². The first-order valence-electron chi connectivity index (χ1n) is 5.22. The molecule has 0 spiro atoms. The van der Waals surface area contributed by atoms with Gasteiger partial charge in [0.2, 0.25) is 0 Å². The second-order valence-corrected chi connectivity index (χ2v) is 4.15. The molecule has 1 fully saturated rings. The third kappa shape index (κ3) is 2.02. The minimum atomic E-state index is 0.0481. The smallest absolute Gasteiger partial charge is 0.257 e. The molecule has 82 valence electrons. The van der Waals surface area contributed by atoms with Gasteiger partial charge in [0, 0.05) is 25.3 Å². The summed E-state index contributed by atoms with van der Waals surface area (Å²) in [5.41, 5.74) is 6.45. The van der Waals surface area contributed by atoms with Crippen molar-refractivity contribution in [2.45, 2.75) is 19.4 Å². The maximum Gasteiger partial charge on any atom is 0.257 e. The molecule has 0 aliphatic carbocycles. The molecule has 15 heavy (non-hydrogen) atoms. The predicted octanol–water partition coefficient (Wildman–Crippen LogP) is 0.219. The van der Waals surface area contributed by atoms with Crippen LogP contribution in [0, 0.1) is 5.92 Å². The van der Waals surface area contributed by atoms with Crippen LogP contribution in [0.2, 0.25) is 0 Å². The van der Waals surface area contributed by atoms with Crippen molar-refractivity contribution in [3.05, 3.63) is 18.0 Å². The van der Waals surface area contributed by atoms with E-state index in [-0.39, 0.29) is 11.9 Å². The third-order valence-electron chi connectivity index (χ3n) is 3.00. The Morgan fingerprint density at radius 2 is 2.60 bits per heavy atom. The van der Waals surface area contributed by atoms with Crippen molar-refractivity contribution in [3.8, 4) is 0 Å². The number of hydrogen-bond donors (Lipinski definition) is 2. The van der Waals surface area contributed by atoms with Gasteiger partial charge in [-0.2, -0.15) is 5.10 Å². The number of aromatic nitrogens is 2. The summed E-state index contributed by atoms with van der Waals surface area (Å²) in [4.78, 5) is 13.7. The molecular weight excluding hydrogens is 192 g/mol. The highest BCUT2D eigenvalue weighted by Gasteiger charge is 2.29. The van der Waals surface area contributed by atoms with E-state index >= 15 is 0 Å². The molecule has 5 nitrogen and oxygen atoms in total. The lowest BCUT2D eigenvalue weighted by atomic mass is 10.0. The van der Waals surface area contributed by atoms with E-state index in [4.69, 9.17) is 5.73 Å². The molecular formula is C10H16N4O. The fourth-order valence-electron chi connectivity index (χ4n) is 1.95. The number of nitrogens with zero attached hydrogens (tertiary/aromatic N) is 2. The number of carbonyl (C=O) groups is 1. The lowest BCUT2D eigenvalue weighted by Gasteiger charge is -2.17. The van der Waals surface area contributed by atoms with Gasteiger partial charge in [0.25, 0.3) is 5.91 Å². The lowest BCUT2D eigenvalue weighted by molar-refractivity contribution is 0.0786. The Kier molecular flexibility index (Phi) is 2.73. The maximum absolute atomic E-state index is 11.9. The molecule has 1 aliphatic heterocycles. The van der Waals surface area contributed by atoms with E-state index in [1.807, 2.05) is 11.8 Å². The van der Waals surface area contributed by atoms with E-state index in [9.17, 15) is 4.79 Å². The Morgan fingerprint density at radius 1 is 1.80 bits per heavy atom. The van der Waals surface area contributed by atoms with Gasteiger partial charge in [0.05, 0.1) is 11.8 Å². The average molecular weight is 208 g/mol. The number of nitrogens with two attached hydrogens (primary N) is 1. The van der Waals surface area contributed by atoms with E-state index in [0.29, 0.717) is 11.5 Å². The van der Waals surface area contributed by atoms with Crippen LogP contribution in [0.15, 0.2) is 12.4 Å². The van der Waals surface area contributed by atoms with Crippen LogP contribution in [-0.2, 0) is 0 Å². The molecule has 1 saturated heterocycles. The highest BCUT2D eigenvalue weighted by molar-refractivity contribution is 5.93. The van der Waals surface area contributed by atoms with Crippen molar-refractivity contribution in [3.63, 3.8) is 0 Å². The van der Waals surface area contributed by atoms with Gasteiger partial charge in [-0.25, -0.2) is 0 Å². The Balaban J connectivity index is 1.99. The van der Waals surface area contributed by atoms with E-state index < -0.39 is 0 Å². The standard InChI is InChI=1S/C10H16N4O/c1-7(11)8-2-3-14(6-8)10(15)9-4-12-13-5-9/h4-5,7-8H,2-3,6,11H2,1H3,(H,12,13). The van der Waals surface area contributed by atoms with Crippen molar-refractivity contribution in [1.82, 2.24) is 15.1 Å². The van der Waals surface area contributed by atoms with Gasteiger partial charge in [-0.15, -0.1) is 0 Å². The number of hydrogen-bond acceptors (Lipinski definition) is 3. The number of nitrogens with one attached hydrogen (secondary N) is 1. The Hall–Kier alpha value is -1.36. The number of H-pyrrole nitrogens is 1. The van der Waals surface area contributed by atoms with Gasteiger partial charge in [0.15, 0.2) is 0 Å². The molecule has 2 atom stereocenters. The van der Waals surface area contributed by atoms with Gasteiger partial charge < -0.3 is 10.6 Å². The molecule has 2 heterocycles. The lowest BCUT2D eigenvalue weighted by Crippen LogP contribution is -2.32. The Bertz CT molecular complexity index is 333. The summed E-state index contributed by atoms with van der Waals surface area (Å²) in [7, 11) is 0. The summed E-state index contributed by atoms with van der Waals surface area (Å²) in [6, 6.07) is 0.159. The summed E-state index contributed by atoms with van der Waals surface area (Å²) < 4.78 is 0. The predicted molar refractivity (Wildman–Crippen MR) is 56.2 cm³/mol. The summed E-state index contributed by atoms with van der Waals surface area (Å²) in [5, 5.41) is 6.42. The highest BCUT2D eigenvalue weighted by Crippen LogP contribution is 2.20. The number of rotatable bonds is 2. The van der Waals surface area contributed by atoms with Gasteiger partial charge in [-0.05, 0) is 19.3 Å². The summed E-state index contributed by atoms with van der Waals surface area (Å²) in [6.07, 6.45) is 4.18. The molecule has 0 bridgehead atoms. The molecule has 1 aromatic heterocycles. The van der Waals surface area contributed by atoms with Crippen LogP contribution >= 0.6 is 0 Å². The SMILES string of the molecule is CC(N)C1CCN(C(=O)c2cn[nH]c2)C1. The number of aromatic amines is 1. The fourth-order valence-corrected chi connectivity index (χ4v) is 1.95. The topological polar surface area (TPSA) is 75.0 Å².